The molecule has 1 aliphatic rings. The lowest BCUT2D eigenvalue weighted by Crippen LogP contribution is -2.40. The van der Waals surface area contributed by atoms with Crippen LogP contribution in [0.25, 0.3) is 0 Å². The molecule has 3 rings (SSSR count). The van der Waals surface area contributed by atoms with E-state index in [2.05, 4.69) is 0 Å². The second-order valence-corrected chi connectivity index (χ2v) is 7.64. The van der Waals surface area contributed by atoms with E-state index in [1.165, 1.54) is 12.1 Å². The lowest BCUT2D eigenvalue weighted by molar-refractivity contribution is -0.137. The average Bonchev–Trinajstić information content (AvgIpc) is 2.76. The van der Waals surface area contributed by atoms with Crippen LogP contribution in [0.5, 0.6) is 5.75 Å². The quantitative estimate of drug-likeness (QED) is 0.722. The van der Waals surface area contributed by atoms with Crippen LogP contribution in [0.2, 0.25) is 0 Å². The molecule has 0 unspecified atom stereocenters. The number of benzene rings is 2. The lowest BCUT2D eigenvalue weighted by atomic mass is 9.88. The Hall–Kier alpha value is -2.89. The van der Waals surface area contributed by atoms with Crippen molar-refractivity contribution in [3.05, 3.63) is 65.0 Å². The Balaban J connectivity index is 1.98. The predicted molar refractivity (Wildman–Crippen MR) is 114 cm³/mol. The van der Waals surface area contributed by atoms with Crippen LogP contribution in [0.3, 0.4) is 0 Å². The van der Waals surface area contributed by atoms with E-state index in [0.29, 0.717) is 25.3 Å². The molecule has 0 saturated carbocycles. The van der Waals surface area contributed by atoms with Gasteiger partial charge in [0.1, 0.15) is 11.6 Å². The summed E-state index contributed by atoms with van der Waals surface area (Å²) >= 11 is 0. The van der Waals surface area contributed by atoms with E-state index in [-0.39, 0.29) is 23.7 Å². The monoisotopic (exact) mass is 412 g/mol. The Labute approximate surface area is 177 Å². The molecule has 0 N–H and O–H groups in total. The number of rotatable bonds is 6. The predicted octanol–water partition coefficient (Wildman–Crippen LogP) is 3.96. The molecule has 0 spiro atoms. The second-order valence-electron chi connectivity index (χ2n) is 7.64. The van der Waals surface area contributed by atoms with Crippen LogP contribution in [0.1, 0.15) is 49.9 Å². The van der Waals surface area contributed by atoms with Crippen molar-refractivity contribution in [1.29, 1.82) is 0 Å². The summed E-state index contributed by atoms with van der Waals surface area (Å²) in [6, 6.07) is 11.7. The molecule has 0 saturated heterocycles. The maximum Gasteiger partial charge on any atom is 0.263 e. The van der Waals surface area contributed by atoms with Crippen LogP contribution in [0, 0.1) is 5.82 Å². The Bertz CT molecular complexity index is 913. The van der Waals surface area contributed by atoms with E-state index in [4.69, 9.17) is 4.74 Å². The number of halogens is 1. The molecule has 2 aromatic carbocycles. The van der Waals surface area contributed by atoms with Crippen LogP contribution in [-0.2, 0) is 16.0 Å². The fourth-order valence-corrected chi connectivity index (χ4v) is 3.88. The van der Waals surface area contributed by atoms with Crippen molar-refractivity contribution in [3.8, 4) is 5.75 Å². The highest BCUT2D eigenvalue weighted by molar-refractivity contribution is 5.81. The third kappa shape index (κ3) is 4.48. The largest absolute Gasteiger partial charge is 0.481 e. The standard InChI is InChI=1S/C24H29FN2O3/c1-5-22(24(29)26(4)6-2)30-20-12-9-17-13-14-27(16(3)28)23(21(17)15-20)18-7-10-19(25)11-8-18/h7-12,15,22-23H,5-6,13-14H2,1-4H3/t22-,23+/m1/s1. The van der Waals surface area contributed by atoms with Gasteiger partial charge in [-0.25, -0.2) is 4.39 Å². The third-order valence-corrected chi connectivity index (χ3v) is 5.71. The minimum Gasteiger partial charge on any atom is -0.481 e. The Morgan fingerprint density at radius 3 is 2.50 bits per heavy atom. The number of hydrogen-bond donors (Lipinski definition) is 0. The molecule has 1 heterocycles. The molecule has 2 atom stereocenters. The smallest absolute Gasteiger partial charge is 0.263 e. The number of amides is 2. The van der Waals surface area contributed by atoms with Gasteiger partial charge in [0.25, 0.3) is 5.91 Å². The maximum absolute atomic E-state index is 13.5. The summed E-state index contributed by atoms with van der Waals surface area (Å²) in [7, 11) is 1.76. The zero-order chi connectivity index (χ0) is 21.8. The zero-order valence-electron chi connectivity index (χ0n) is 18.0. The van der Waals surface area contributed by atoms with Crippen LogP contribution < -0.4 is 4.74 Å². The van der Waals surface area contributed by atoms with Gasteiger partial charge in [-0.3, -0.25) is 9.59 Å². The zero-order valence-corrected chi connectivity index (χ0v) is 18.0. The topological polar surface area (TPSA) is 49.9 Å². The molecular formula is C24H29FN2O3. The molecule has 0 aliphatic carbocycles. The van der Waals surface area contributed by atoms with Crippen molar-refractivity contribution >= 4 is 11.8 Å². The fourth-order valence-electron chi connectivity index (χ4n) is 3.88. The van der Waals surface area contributed by atoms with Crippen LogP contribution in [-0.4, -0.2) is 47.9 Å². The Morgan fingerprint density at radius 2 is 1.90 bits per heavy atom. The number of carbonyl (C=O) groups is 2. The van der Waals surface area contributed by atoms with Crippen molar-refractivity contribution in [3.63, 3.8) is 0 Å². The van der Waals surface area contributed by atoms with E-state index in [1.807, 2.05) is 32.0 Å². The molecule has 2 amide bonds. The summed E-state index contributed by atoms with van der Waals surface area (Å²) in [6.07, 6.45) is 0.729. The Morgan fingerprint density at radius 1 is 1.20 bits per heavy atom. The van der Waals surface area contributed by atoms with E-state index >= 15 is 0 Å². The maximum atomic E-state index is 13.5. The van der Waals surface area contributed by atoms with E-state index in [0.717, 1.165) is 23.1 Å². The number of ether oxygens (including phenoxy) is 1. The highest BCUT2D eigenvalue weighted by Crippen LogP contribution is 2.37. The summed E-state index contributed by atoms with van der Waals surface area (Å²) in [5.41, 5.74) is 2.92. The molecule has 30 heavy (non-hydrogen) atoms. The van der Waals surface area contributed by atoms with Crippen LogP contribution >= 0.6 is 0 Å². The summed E-state index contributed by atoms with van der Waals surface area (Å²) in [5, 5.41) is 0. The van der Waals surface area contributed by atoms with Crippen molar-refractivity contribution < 1.29 is 18.7 Å². The molecule has 0 bridgehead atoms. The van der Waals surface area contributed by atoms with Gasteiger partial charge in [-0.15, -0.1) is 0 Å². The highest BCUT2D eigenvalue weighted by Gasteiger charge is 2.31. The van der Waals surface area contributed by atoms with Crippen molar-refractivity contribution in [2.24, 2.45) is 0 Å². The lowest BCUT2D eigenvalue weighted by Gasteiger charge is -2.37. The number of nitrogens with zero attached hydrogens (tertiary/aromatic N) is 2. The van der Waals surface area contributed by atoms with E-state index in [1.54, 1.807) is 35.9 Å². The van der Waals surface area contributed by atoms with Gasteiger partial charge >= 0.3 is 0 Å². The molecule has 160 valence electrons. The minimum atomic E-state index is -0.565. The number of carbonyl (C=O) groups excluding carboxylic acids is 2. The summed E-state index contributed by atoms with van der Waals surface area (Å²) < 4.78 is 19.5. The molecule has 0 fully saturated rings. The highest BCUT2D eigenvalue weighted by atomic mass is 19.1. The molecule has 5 nitrogen and oxygen atoms in total. The second kappa shape index (κ2) is 9.28. The van der Waals surface area contributed by atoms with Gasteiger partial charge in [0.2, 0.25) is 5.91 Å². The van der Waals surface area contributed by atoms with Crippen molar-refractivity contribution in [1.82, 2.24) is 9.80 Å². The summed E-state index contributed by atoms with van der Waals surface area (Å²) in [4.78, 5) is 28.3. The number of fused-ring (bicyclic) bond motifs is 1. The van der Waals surface area contributed by atoms with Gasteiger partial charge in [0.05, 0.1) is 6.04 Å². The SMILES string of the molecule is CC[C@@H](Oc1ccc2c(c1)[C@H](c1ccc(F)cc1)N(C(C)=O)CC2)C(=O)N(C)CC. The van der Waals surface area contributed by atoms with Gasteiger partial charge in [0.15, 0.2) is 6.10 Å². The normalized spacial score (nSPS) is 16.6. The average molecular weight is 413 g/mol. The van der Waals surface area contributed by atoms with Crippen molar-refractivity contribution in [2.45, 2.75) is 45.8 Å². The van der Waals surface area contributed by atoms with E-state index < -0.39 is 6.10 Å². The molecule has 0 radical (unpaired) electrons. The first kappa shape index (κ1) is 21.8. The number of likely N-dealkylation sites (N-methyl/N-ethyl adjacent to an activating group) is 1. The van der Waals surface area contributed by atoms with E-state index in [9.17, 15) is 14.0 Å². The minimum absolute atomic E-state index is 0.0347. The summed E-state index contributed by atoms with van der Waals surface area (Å²) in [6.45, 7) is 6.61. The van der Waals surface area contributed by atoms with Gasteiger partial charge in [-0.2, -0.15) is 0 Å². The molecule has 0 aromatic heterocycles. The summed E-state index contributed by atoms with van der Waals surface area (Å²) in [5.74, 6) is 0.187. The first-order chi connectivity index (χ1) is 14.3. The first-order valence-electron chi connectivity index (χ1n) is 10.4. The molecule has 6 heteroatoms. The van der Waals surface area contributed by atoms with Gasteiger partial charge in [0, 0.05) is 27.1 Å². The van der Waals surface area contributed by atoms with Gasteiger partial charge in [-0.1, -0.05) is 25.1 Å². The molecule has 1 aliphatic heterocycles. The Kier molecular flexibility index (Phi) is 6.75. The van der Waals surface area contributed by atoms with Crippen LogP contribution in [0.4, 0.5) is 4.39 Å². The fraction of sp³-hybridized carbons (Fsp3) is 0.417. The third-order valence-electron chi connectivity index (χ3n) is 5.71. The van der Waals surface area contributed by atoms with Crippen LogP contribution in [0.15, 0.2) is 42.5 Å². The first-order valence-corrected chi connectivity index (χ1v) is 10.4. The van der Waals surface area contributed by atoms with Gasteiger partial charge in [-0.05, 0) is 60.7 Å². The number of hydrogen-bond acceptors (Lipinski definition) is 3. The molecule has 2 aromatic rings. The molecular weight excluding hydrogens is 383 g/mol. The van der Waals surface area contributed by atoms with Crippen molar-refractivity contribution in [2.75, 3.05) is 20.1 Å². The van der Waals surface area contributed by atoms with Gasteiger partial charge < -0.3 is 14.5 Å².